The van der Waals surface area contributed by atoms with Crippen molar-refractivity contribution in [2.75, 3.05) is 0 Å². The molecule has 0 atom stereocenters. The number of halogens is 3. The third kappa shape index (κ3) is 2.07. The van der Waals surface area contributed by atoms with E-state index in [2.05, 4.69) is 4.98 Å². The van der Waals surface area contributed by atoms with Gasteiger partial charge in [-0.3, -0.25) is 14.5 Å². The van der Waals surface area contributed by atoms with Crippen LogP contribution in [-0.2, 0) is 6.18 Å². The molecule has 0 aliphatic heterocycles. The van der Waals surface area contributed by atoms with Gasteiger partial charge >= 0.3 is 6.18 Å². The maximum atomic E-state index is 13.0. The van der Waals surface area contributed by atoms with E-state index in [1.165, 1.54) is 0 Å². The van der Waals surface area contributed by atoms with Crippen molar-refractivity contribution in [3.05, 3.63) is 51.2 Å². The number of rotatable bonds is 1. The zero-order valence-electron chi connectivity index (χ0n) is 11.6. The van der Waals surface area contributed by atoms with Crippen molar-refractivity contribution in [1.29, 1.82) is 0 Å². The number of benzene rings is 1. The van der Waals surface area contributed by atoms with Crippen molar-refractivity contribution in [3.8, 4) is 0 Å². The standard InChI is InChI=1S/C14H10F3N3O2/c1-7-3-8(2)13-18-10-4-9(14(15,16)17)11(20(21)22)5-12(10)19(13)6-7/h3-6H,1-2H3. The zero-order chi connectivity index (χ0) is 16.2. The number of aromatic nitrogens is 2. The second kappa shape index (κ2) is 4.43. The first-order valence-corrected chi connectivity index (χ1v) is 6.33. The summed E-state index contributed by atoms with van der Waals surface area (Å²) in [6, 6.07) is 3.51. The van der Waals surface area contributed by atoms with E-state index in [0.29, 0.717) is 5.65 Å². The average Bonchev–Trinajstić information content (AvgIpc) is 2.74. The Morgan fingerprint density at radius 1 is 1.23 bits per heavy atom. The van der Waals surface area contributed by atoms with Gasteiger partial charge in [0.25, 0.3) is 5.69 Å². The van der Waals surface area contributed by atoms with Gasteiger partial charge in [0, 0.05) is 12.3 Å². The molecule has 0 spiro atoms. The van der Waals surface area contributed by atoms with Crippen molar-refractivity contribution in [3.63, 3.8) is 0 Å². The van der Waals surface area contributed by atoms with Crippen LogP contribution in [0.4, 0.5) is 18.9 Å². The van der Waals surface area contributed by atoms with Gasteiger partial charge in [0.2, 0.25) is 0 Å². The predicted octanol–water partition coefficient (Wildman–Crippen LogP) is 4.03. The van der Waals surface area contributed by atoms with Crippen molar-refractivity contribution in [2.24, 2.45) is 0 Å². The van der Waals surface area contributed by atoms with Crippen LogP contribution in [0.3, 0.4) is 0 Å². The summed E-state index contributed by atoms with van der Waals surface area (Å²) >= 11 is 0. The highest BCUT2D eigenvalue weighted by atomic mass is 19.4. The number of pyridine rings is 1. The molecule has 0 aliphatic rings. The fourth-order valence-corrected chi connectivity index (χ4v) is 2.56. The average molecular weight is 309 g/mol. The Labute approximate surface area is 122 Å². The molecule has 0 saturated carbocycles. The van der Waals surface area contributed by atoms with E-state index < -0.39 is 22.4 Å². The molecule has 2 heterocycles. The minimum Gasteiger partial charge on any atom is -0.299 e. The van der Waals surface area contributed by atoms with Crippen molar-refractivity contribution in [1.82, 2.24) is 9.38 Å². The number of imidazole rings is 1. The van der Waals surface area contributed by atoms with Crippen LogP contribution in [0.5, 0.6) is 0 Å². The number of fused-ring (bicyclic) bond motifs is 3. The van der Waals surface area contributed by atoms with Crippen LogP contribution in [0.15, 0.2) is 24.4 Å². The molecule has 0 radical (unpaired) electrons. The lowest BCUT2D eigenvalue weighted by atomic mass is 10.1. The molecule has 0 fully saturated rings. The molecule has 3 rings (SSSR count). The van der Waals surface area contributed by atoms with Crippen molar-refractivity contribution in [2.45, 2.75) is 20.0 Å². The number of alkyl halides is 3. The summed E-state index contributed by atoms with van der Waals surface area (Å²) in [6.07, 6.45) is -3.12. The first-order chi connectivity index (χ1) is 10.2. The molecule has 0 amide bonds. The largest absolute Gasteiger partial charge is 0.423 e. The summed E-state index contributed by atoms with van der Waals surface area (Å²) < 4.78 is 40.6. The van der Waals surface area contributed by atoms with E-state index in [0.717, 1.165) is 23.3 Å². The first kappa shape index (κ1) is 14.3. The van der Waals surface area contributed by atoms with Crippen molar-refractivity contribution >= 4 is 22.4 Å². The highest BCUT2D eigenvalue weighted by Crippen LogP contribution is 2.38. The molecule has 22 heavy (non-hydrogen) atoms. The lowest BCUT2D eigenvalue weighted by Crippen LogP contribution is -2.09. The number of nitrogens with zero attached hydrogens (tertiary/aromatic N) is 3. The first-order valence-electron chi connectivity index (χ1n) is 6.33. The van der Waals surface area contributed by atoms with Gasteiger partial charge in [-0.25, -0.2) is 4.98 Å². The molecular weight excluding hydrogens is 299 g/mol. The third-order valence-corrected chi connectivity index (χ3v) is 3.44. The Kier molecular flexibility index (Phi) is 2.88. The molecule has 0 bridgehead atoms. The molecule has 0 saturated heterocycles. The van der Waals surface area contributed by atoms with Gasteiger partial charge < -0.3 is 0 Å². The van der Waals surface area contributed by atoms with Gasteiger partial charge in [-0.1, -0.05) is 6.07 Å². The topological polar surface area (TPSA) is 60.4 Å². The normalized spacial score (nSPS) is 12.2. The lowest BCUT2D eigenvalue weighted by molar-refractivity contribution is -0.387. The zero-order valence-corrected chi connectivity index (χ0v) is 11.6. The summed E-state index contributed by atoms with van der Waals surface area (Å²) in [6.45, 7) is 3.62. The van der Waals surface area contributed by atoms with Crippen LogP contribution in [0.25, 0.3) is 16.7 Å². The fraction of sp³-hybridized carbons (Fsp3) is 0.214. The molecule has 0 unspecified atom stereocenters. The molecule has 0 N–H and O–H groups in total. The monoisotopic (exact) mass is 309 g/mol. The van der Waals surface area contributed by atoms with Gasteiger partial charge in [0.1, 0.15) is 11.2 Å². The maximum absolute atomic E-state index is 13.0. The highest BCUT2D eigenvalue weighted by molar-refractivity contribution is 5.85. The Morgan fingerprint density at radius 3 is 2.50 bits per heavy atom. The van der Waals surface area contributed by atoms with E-state index in [9.17, 15) is 23.3 Å². The van der Waals surface area contributed by atoms with Crippen LogP contribution >= 0.6 is 0 Å². The molecule has 5 nitrogen and oxygen atoms in total. The number of aryl methyl sites for hydroxylation is 2. The maximum Gasteiger partial charge on any atom is 0.423 e. The quantitative estimate of drug-likeness (QED) is 0.503. The summed E-state index contributed by atoms with van der Waals surface area (Å²) in [5.74, 6) is 0. The van der Waals surface area contributed by atoms with Crippen LogP contribution < -0.4 is 0 Å². The second-order valence-electron chi connectivity index (χ2n) is 5.12. The fourth-order valence-electron chi connectivity index (χ4n) is 2.56. The number of nitro groups is 1. The molecule has 114 valence electrons. The van der Waals surface area contributed by atoms with Crippen LogP contribution in [0.2, 0.25) is 0 Å². The molecule has 8 heteroatoms. The SMILES string of the molecule is Cc1cc(C)c2nc3cc(C(F)(F)F)c([N+](=O)[O-])cc3n2c1. The number of hydrogen-bond donors (Lipinski definition) is 0. The Hall–Kier alpha value is -2.64. The summed E-state index contributed by atoms with van der Waals surface area (Å²) in [4.78, 5) is 14.1. The summed E-state index contributed by atoms with van der Waals surface area (Å²) in [7, 11) is 0. The lowest BCUT2D eigenvalue weighted by Gasteiger charge is -2.07. The summed E-state index contributed by atoms with van der Waals surface area (Å²) in [5.41, 5.74) is 0.241. The second-order valence-corrected chi connectivity index (χ2v) is 5.12. The Morgan fingerprint density at radius 2 is 1.91 bits per heavy atom. The highest BCUT2D eigenvalue weighted by Gasteiger charge is 2.39. The summed E-state index contributed by atoms with van der Waals surface area (Å²) in [5, 5.41) is 11.0. The Balaban J connectivity index is 2.48. The van der Waals surface area contributed by atoms with Crippen LogP contribution in [0.1, 0.15) is 16.7 Å². The Bertz CT molecular complexity index is 929. The minimum atomic E-state index is -4.81. The predicted molar refractivity (Wildman–Crippen MR) is 73.8 cm³/mol. The van der Waals surface area contributed by atoms with E-state index in [4.69, 9.17) is 0 Å². The minimum absolute atomic E-state index is 0.0756. The van der Waals surface area contributed by atoms with E-state index >= 15 is 0 Å². The van der Waals surface area contributed by atoms with E-state index in [1.54, 1.807) is 17.5 Å². The van der Waals surface area contributed by atoms with Gasteiger partial charge in [0.05, 0.1) is 16.0 Å². The molecule has 1 aromatic carbocycles. The van der Waals surface area contributed by atoms with Crippen LogP contribution in [0, 0.1) is 24.0 Å². The smallest absolute Gasteiger partial charge is 0.299 e. The molecule has 2 aromatic heterocycles. The molecule has 0 aliphatic carbocycles. The third-order valence-electron chi connectivity index (χ3n) is 3.44. The van der Waals surface area contributed by atoms with E-state index in [-0.39, 0.29) is 11.0 Å². The van der Waals surface area contributed by atoms with Gasteiger partial charge in [-0.15, -0.1) is 0 Å². The number of nitro benzene ring substituents is 1. The van der Waals surface area contributed by atoms with Crippen LogP contribution in [-0.4, -0.2) is 14.3 Å². The van der Waals surface area contributed by atoms with Gasteiger partial charge in [-0.2, -0.15) is 13.2 Å². The van der Waals surface area contributed by atoms with Gasteiger partial charge in [-0.05, 0) is 31.0 Å². The molecular formula is C14H10F3N3O2. The number of hydrogen-bond acceptors (Lipinski definition) is 3. The van der Waals surface area contributed by atoms with Gasteiger partial charge in [0.15, 0.2) is 0 Å². The molecule has 3 aromatic rings. The van der Waals surface area contributed by atoms with Crippen molar-refractivity contribution < 1.29 is 18.1 Å². The van der Waals surface area contributed by atoms with E-state index in [1.807, 2.05) is 13.0 Å².